The molecule has 0 spiro atoms. The maximum absolute atomic E-state index is 12.7. The van der Waals surface area contributed by atoms with Crippen LogP contribution in [-0.2, 0) is 19.1 Å². The average Bonchev–Trinajstić information content (AvgIpc) is 2.81. The summed E-state index contributed by atoms with van der Waals surface area (Å²) in [6, 6.07) is 12.7. The zero-order valence-electron chi connectivity index (χ0n) is 17.7. The van der Waals surface area contributed by atoms with Gasteiger partial charge in [0.1, 0.15) is 5.25 Å². The fourth-order valence-corrected chi connectivity index (χ4v) is 3.89. The Balaban J connectivity index is 1.72. The highest BCUT2D eigenvalue weighted by atomic mass is 32.2. The van der Waals surface area contributed by atoms with Crippen molar-refractivity contribution in [2.45, 2.75) is 11.7 Å². The average molecular weight is 455 g/mol. The Morgan fingerprint density at radius 1 is 0.969 bits per heavy atom. The monoisotopic (exact) mass is 455 g/mol. The summed E-state index contributed by atoms with van der Waals surface area (Å²) in [4.78, 5) is 54.1. The third-order valence-corrected chi connectivity index (χ3v) is 5.89. The lowest BCUT2D eigenvalue weighted by Crippen LogP contribution is -2.43. The number of esters is 2. The maximum atomic E-state index is 12.7. The molecule has 1 aliphatic rings. The minimum Gasteiger partial charge on any atom is -0.465 e. The highest BCUT2D eigenvalue weighted by Gasteiger charge is 2.34. The van der Waals surface area contributed by atoms with Crippen LogP contribution in [0.3, 0.4) is 0 Å². The van der Waals surface area contributed by atoms with Crippen molar-refractivity contribution in [3.8, 4) is 0 Å². The molecule has 1 aliphatic heterocycles. The van der Waals surface area contributed by atoms with Crippen molar-refractivity contribution in [1.29, 1.82) is 0 Å². The van der Waals surface area contributed by atoms with Gasteiger partial charge in [-0.2, -0.15) is 0 Å². The third-order valence-electron chi connectivity index (χ3n) is 4.65. The van der Waals surface area contributed by atoms with E-state index in [9.17, 15) is 19.2 Å². The van der Waals surface area contributed by atoms with E-state index >= 15 is 0 Å². The topological polar surface area (TPSA) is 114 Å². The number of thioether (sulfide) groups is 1. The normalized spacial score (nSPS) is 17.1. The summed E-state index contributed by atoms with van der Waals surface area (Å²) in [6.07, 6.45) is 0.0214. The number of rotatable bonds is 5. The van der Waals surface area contributed by atoms with Crippen molar-refractivity contribution in [3.05, 3.63) is 59.7 Å². The molecule has 1 fully saturated rings. The minimum absolute atomic E-state index is 0.0214. The van der Waals surface area contributed by atoms with Gasteiger partial charge in [0, 0.05) is 19.2 Å². The second kappa shape index (κ2) is 10.1. The number of anilines is 1. The van der Waals surface area contributed by atoms with Gasteiger partial charge in [-0.05, 0) is 48.5 Å². The number of amides is 2. The molecule has 1 saturated heterocycles. The van der Waals surface area contributed by atoms with Gasteiger partial charge in [0.05, 0.1) is 31.0 Å². The molecule has 1 heterocycles. The van der Waals surface area contributed by atoms with Crippen molar-refractivity contribution in [1.82, 2.24) is 4.90 Å². The van der Waals surface area contributed by atoms with E-state index in [0.717, 1.165) is 0 Å². The molecule has 9 nitrogen and oxygen atoms in total. The van der Waals surface area contributed by atoms with Crippen LogP contribution < -0.4 is 5.32 Å². The number of hydrogen-bond donors (Lipinski definition) is 1. The Hall–Kier alpha value is -3.66. The van der Waals surface area contributed by atoms with Crippen molar-refractivity contribution in [2.75, 3.05) is 26.6 Å². The summed E-state index contributed by atoms with van der Waals surface area (Å²) in [5, 5.41) is 2.45. The summed E-state index contributed by atoms with van der Waals surface area (Å²) in [5.41, 5.74) is 1.76. The van der Waals surface area contributed by atoms with Gasteiger partial charge in [0.2, 0.25) is 11.8 Å². The third kappa shape index (κ3) is 5.33. The van der Waals surface area contributed by atoms with Gasteiger partial charge in [0.25, 0.3) is 0 Å². The van der Waals surface area contributed by atoms with Crippen molar-refractivity contribution in [2.24, 2.45) is 4.99 Å². The lowest BCUT2D eigenvalue weighted by molar-refractivity contribution is -0.128. The van der Waals surface area contributed by atoms with Crippen LogP contribution >= 0.6 is 11.8 Å². The molecular weight excluding hydrogens is 434 g/mol. The fourth-order valence-electron chi connectivity index (χ4n) is 2.83. The highest BCUT2D eigenvalue weighted by molar-refractivity contribution is 8.15. The van der Waals surface area contributed by atoms with Crippen LogP contribution in [0.4, 0.5) is 11.4 Å². The van der Waals surface area contributed by atoms with E-state index in [2.05, 4.69) is 19.8 Å². The molecule has 2 aromatic rings. The van der Waals surface area contributed by atoms with Crippen LogP contribution in [0.25, 0.3) is 0 Å². The first-order valence-electron chi connectivity index (χ1n) is 9.52. The summed E-state index contributed by atoms with van der Waals surface area (Å²) in [6.45, 7) is 0. The molecule has 2 amide bonds. The first-order valence-corrected chi connectivity index (χ1v) is 10.4. The molecule has 0 aliphatic carbocycles. The van der Waals surface area contributed by atoms with E-state index in [-0.39, 0.29) is 18.2 Å². The van der Waals surface area contributed by atoms with Gasteiger partial charge in [-0.25, -0.2) is 14.6 Å². The standard InChI is InChI=1S/C22H21N3O6S/c1-25-18(26)12-17(19(27)23-15-8-4-13(5-9-15)20(28)30-2)32-22(25)24-16-10-6-14(7-11-16)21(29)31-3/h4-11,17H,12H2,1-3H3,(H,23,27). The number of carbonyl (C=O) groups excluding carboxylic acids is 4. The molecule has 1 N–H and O–H groups in total. The van der Waals surface area contributed by atoms with E-state index in [1.807, 2.05) is 0 Å². The molecular formula is C22H21N3O6S. The Morgan fingerprint density at radius 2 is 1.50 bits per heavy atom. The molecule has 10 heteroatoms. The van der Waals surface area contributed by atoms with Gasteiger partial charge in [0.15, 0.2) is 5.17 Å². The molecule has 166 valence electrons. The molecule has 2 aromatic carbocycles. The highest BCUT2D eigenvalue weighted by Crippen LogP contribution is 2.29. The first kappa shape index (κ1) is 23.0. The predicted octanol–water partition coefficient (Wildman–Crippen LogP) is 2.85. The molecule has 0 radical (unpaired) electrons. The van der Waals surface area contributed by atoms with E-state index in [1.54, 1.807) is 55.6 Å². The van der Waals surface area contributed by atoms with Crippen LogP contribution in [-0.4, -0.2) is 60.3 Å². The van der Waals surface area contributed by atoms with Gasteiger partial charge in [-0.1, -0.05) is 11.8 Å². The Labute approximate surface area is 188 Å². The minimum atomic E-state index is -0.674. The number of hydrogen-bond acceptors (Lipinski definition) is 8. The number of nitrogens with one attached hydrogen (secondary N) is 1. The summed E-state index contributed by atoms with van der Waals surface area (Å²) >= 11 is 1.17. The smallest absolute Gasteiger partial charge is 0.337 e. The van der Waals surface area contributed by atoms with Crippen LogP contribution in [0.1, 0.15) is 27.1 Å². The SMILES string of the molecule is COC(=O)c1ccc(N=C2SC(C(=O)Nc3ccc(C(=O)OC)cc3)CC(=O)N2C)cc1. The number of carbonyl (C=O) groups is 4. The molecule has 32 heavy (non-hydrogen) atoms. The summed E-state index contributed by atoms with van der Waals surface area (Å²) < 4.78 is 9.32. The van der Waals surface area contributed by atoms with Crippen LogP contribution in [0.15, 0.2) is 53.5 Å². The summed E-state index contributed by atoms with van der Waals surface area (Å²) in [7, 11) is 4.18. The van der Waals surface area contributed by atoms with E-state index in [1.165, 1.54) is 30.9 Å². The van der Waals surface area contributed by atoms with Crippen molar-refractivity contribution in [3.63, 3.8) is 0 Å². The summed E-state index contributed by atoms with van der Waals surface area (Å²) in [5.74, 6) is -1.52. The van der Waals surface area contributed by atoms with Gasteiger partial charge >= 0.3 is 11.9 Å². The zero-order valence-corrected chi connectivity index (χ0v) is 18.5. The van der Waals surface area contributed by atoms with Gasteiger partial charge < -0.3 is 14.8 Å². The molecule has 1 atom stereocenters. The molecule has 3 rings (SSSR count). The maximum Gasteiger partial charge on any atom is 0.337 e. The number of ether oxygens (including phenoxy) is 2. The van der Waals surface area contributed by atoms with E-state index in [0.29, 0.717) is 27.7 Å². The van der Waals surface area contributed by atoms with Crippen molar-refractivity contribution < 1.29 is 28.7 Å². The van der Waals surface area contributed by atoms with E-state index in [4.69, 9.17) is 0 Å². The number of amidine groups is 1. The van der Waals surface area contributed by atoms with Crippen molar-refractivity contribution >= 4 is 52.1 Å². The van der Waals surface area contributed by atoms with Gasteiger partial charge in [-0.3, -0.25) is 14.5 Å². The molecule has 0 bridgehead atoms. The lowest BCUT2D eigenvalue weighted by Gasteiger charge is -2.28. The number of aliphatic imine (C=N–C) groups is 1. The predicted molar refractivity (Wildman–Crippen MR) is 120 cm³/mol. The zero-order chi connectivity index (χ0) is 23.3. The lowest BCUT2D eigenvalue weighted by atomic mass is 10.2. The van der Waals surface area contributed by atoms with Crippen LogP contribution in [0, 0.1) is 0 Å². The molecule has 0 aromatic heterocycles. The van der Waals surface area contributed by atoms with E-state index < -0.39 is 17.2 Å². The first-order chi connectivity index (χ1) is 15.3. The largest absolute Gasteiger partial charge is 0.465 e. The molecule has 0 saturated carbocycles. The molecule has 1 unspecified atom stereocenters. The number of methoxy groups -OCH3 is 2. The second-order valence-corrected chi connectivity index (χ2v) is 7.92. The van der Waals surface area contributed by atoms with Crippen LogP contribution in [0.5, 0.6) is 0 Å². The number of nitrogens with zero attached hydrogens (tertiary/aromatic N) is 2. The van der Waals surface area contributed by atoms with Crippen LogP contribution in [0.2, 0.25) is 0 Å². The Bertz CT molecular complexity index is 1070. The Kier molecular flexibility index (Phi) is 7.26. The fraction of sp³-hybridized carbons (Fsp3) is 0.227. The van der Waals surface area contributed by atoms with Gasteiger partial charge in [-0.15, -0.1) is 0 Å². The second-order valence-electron chi connectivity index (χ2n) is 6.75. The quantitative estimate of drug-likeness (QED) is 0.690. The number of benzene rings is 2. The Morgan fingerprint density at radius 3 is 2.03 bits per heavy atom.